The number of nitrogens with two attached hydrogens (primary N) is 1. The van der Waals surface area contributed by atoms with E-state index in [2.05, 4.69) is 0 Å². The van der Waals surface area contributed by atoms with Crippen LogP contribution in [0.4, 0.5) is 0 Å². The molecule has 0 fully saturated rings. The highest BCUT2D eigenvalue weighted by Crippen LogP contribution is 1.82. The van der Waals surface area contributed by atoms with Crippen LogP contribution in [0.15, 0.2) is 18.7 Å². The number of nitrogens with zero attached hydrogens (tertiary/aromatic N) is 2. The maximum Gasteiger partial charge on any atom is 0.346 e. The molecule has 12 heavy (non-hydrogen) atoms. The molecule has 0 amide bonds. The van der Waals surface area contributed by atoms with Gasteiger partial charge in [0.2, 0.25) is 6.33 Å². The molecule has 1 aromatic heterocycles. The highest BCUT2D eigenvalue weighted by atomic mass is 16.4. The fourth-order valence-electron chi connectivity index (χ4n) is 0.970. The van der Waals surface area contributed by atoms with Gasteiger partial charge in [-0.15, -0.1) is 0 Å². The lowest BCUT2D eigenvalue weighted by Crippen LogP contribution is -2.35. The number of hydrogen-bond donors (Lipinski definition) is 2. The Morgan fingerprint density at radius 2 is 2.42 bits per heavy atom. The van der Waals surface area contributed by atoms with E-state index in [0.717, 1.165) is 0 Å². The Morgan fingerprint density at radius 1 is 1.67 bits per heavy atom. The van der Waals surface area contributed by atoms with Crippen molar-refractivity contribution in [2.45, 2.75) is 13.1 Å². The third-order valence-corrected chi connectivity index (χ3v) is 1.45. The van der Waals surface area contributed by atoms with Gasteiger partial charge in [0.15, 0.2) is 6.54 Å². The van der Waals surface area contributed by atoms with Crippen molar-refractivity contribution in [3.05, 3.63) is 18.7 Å². The van der Waals surface area contributed by atoms with Crippen LogP contribution in [0.2, 0.25) is 0 Å². The Bertz CT molecular complexity index is 269. The van der Waals surface area contributed by atoms with Gasteiger partial charge >= 0.3 is 5.97 Å². The van der Waals surface area contributed by atoms with Crippen LogP contribution in [-0.2, 0) is 17.9 Å². The summed E-state index contributed by atoms with van der Waals surface area (Å²) < 4.78 is 3.45. The first-order chi connectivity index (χ1) is 5.72. The van der Waals surface area contributed by atoms with Gasteiger partial charge in [-0.05, 0) is 0 Å². The van der Waals surface area contributed by atoms with Crippen molar-refractivity contribution in [2.75, 3.05) is 6.54 Å². The Labute approximate surface area is 70.0 Å². The van der Waals surface area contributed by atoms with E-state index in [-0.39, 0.29) is 6.54 Å². The van der Waals surface area contributed by atoms with Gasteiger partial charge in [-0.2, -0.15) is 0 Å². The van der Waals surface area contributed by atoms with Crippen LogP contribution in [0, 0.1) is 0 Å². The van der Waals surface area contributed by atoms with Gasteiger partial charge in [-0.25, -0.2) is 13.9 Å². The molecule has 1 heterocycles. The van der Waals surface area contributed by atoms with Crippen molar-refractivity contribution in [1.82, 2.24) is 4.57 Å². The van der Waals surface area contributed by atoms with Crippen molar-refractivity contribution >= 4 is 5.97 Å². The van der Waals surface area contributed by atoms with Crippen molar-refractivity contribution in [3.8, 4) is 0 Å². The van der Waals surface area contributed by atoms with Crippen LogP contribution in [-0.4, -0.2) is 22.2 Å². The molecular formula is C7H12N3O2+. The SMILES string of the molecule is NCCn1cc[n+](CC(=O)O)c1. The van der Waals surface area contributed by atoms with E-state index in [4.69, 9.17) is 10.8 Å². The number of carboxylic acids is 1. The van der Waals surface area contributed by atoms with Crippen LogP contribution in [0.1, 0.15) is 0 Å². The Hall–Kier alpha value is -1.36. The summed E-state index contributed by atoms with van der Waals surface area (Å²) in [5, 5.41) is 8.45. The number of hydrogen-bond acceptors (Lipinski definition) is 2. The zero-order valence-electron chi connectivity index (χ0n) is 6.68. The summed E-state index contributed by atoms with van der Waals surface area (Å²) in [6.45, 7) is 1.27. The molecule has 3 N–H and O–H groups in total. The molecule has 0 unspecified atom stereocenters. The minimum absolute atomic E-state index is 0.00241. The highest BCUT2D eigenvalue weighted by Gasteiger charge is 2.05. The summed E-state index contributed by atoms with van der Waals surface area (Å²) in [7, 11) is 0. The second-order valence-corrected chi connectivity index (χ2v) is 2.51. The van der Waals surface area contributed by atoms with Crippen LogP contribution in [0.25, 0.3) is 0 Å². The second kappa shape index (κ2) is 3.87. The molecule has 5 nitrogen and oxygen atoms in total. The second-order valence-electron chi connectivity index (χ2n) is 2.51. The molecule has 0 bridgehead atoms. The molecule has 0 spiro atoms. The average molecular weight is 170 g/mol. The molecule has 0 aromatic carbocycles. The number of rotatable bonds is 4. The quantitative estimate of drug-likeness (QED) is 0.559. The van der Waals surface area contributed by atoms with E-state index in [1.807, 2.05) is 4.57 Å². The summed E-state index contributed by atoms with van der Waals surface area (Å²) in [5.41, 5.74) is 5.32. The van der Waals surface area contributed by atoms with Crippen LogP contribution >= 0.6 is 0 Å². The number of aliphatic carboxylic acids is 1. The Balaban J connectivity index is 2.58. The third-order valence-electron chi connectivity index (χ3n) is 1.45. The fraction of sp³-hybridized carbons (Fsp3) is 0.429. The van der Waals surface area contributed by atoms with Crippen molar-refractivity contribution in [2.24, 2.45) is 5.73 Å². The first kappa shape index (κ1) is 8.73. The van der Waals surface area contributed by atoms with Crippen LogP contribution in [0.5, 0.6) is 0 Å². The van der Waals surface area contributed by atoms with Crippen LogP contribution < -0.4 is 10.3 Å². The van der Waals surface area contributed by atoms with E-state index >= 15 is 0 Å². The zero-order valence-corrected chi connectivity index (χ0v) is 6.68. The topological polar surface area (TPSA) is 72.1 Å². The fourth-order valence-corrected chi connectivity index (χ4v) is 0.970. The molecule has 0 aliphatic heterocycles. The monoisotopic (exact) mass is 170 g/mol. The van der Waals surface area contributed by atoms with Gasteiger partial charge in [-0.3, -0.25) is 0 Å². The molecule has 0 saturated heterocycles. The molecule has 5 heteroatoms. The summed E-state index contributed by atoms with van der Waals surface area (Å²) in [5.74, 6) is -0.842. The van der Waals surface area contributed by atoms with Gasteiger partial charge < -0.3 is 10.8 Å². The molecular weight excluding hydrogens is 158 g/mol. The predicted octanol–water partition coefficient (Wildman–Crippen LogP) is -1.18. The standard InChI is InChI=1S/C7H11N3O2/c8-1-2-9-3-4-10(6-9)5-7(11)12/h3-4,6H,1-2,5,8H2/p+1. The lowest BCUT2D eigenvalue weighted by Gasteiger charge is -1.89. The van der Waals surface area contributed by atoms with Crippen molar-refractivity contribution in [3.63, 3.8) is 0 Å². The number of carbonyl (C=O) groups is 1. The molecule has 0 radical (unpaired) electrons. The van der Waals surface area contributed by atoms with E-state index in [1.165, 1.54) is 0 Å². The number of aromatic nitrogens is 2. The van der Waals surface area contributed by atoms with Gasteiger partial charge in [0, 0.05) is 6.54 Å². The molecule has 1 rings (SSSR count). The first-order valence-electron chi connectivity index (χ1n) is 3.69. The third kappa shape index (κ3) is 2.35. The van der Waals surface area contributed by atoms with E-state index in [9.17, 15) is 4.79 Å². The largest absolute Gasteiger partial charge is 0.478 e. The maximum atomic E-state index is 10.3. The molecule has 1 aromatic rings. The molecule has 0 atom stereocenters. The average Bonchev–Trinajstić information content (AvgIpc) is 2.36. The van der Waals surface area contributed by atoms with Crippen LogP contribution in [0.3, 0.4) is 0 Å². The normalized spacial score (nSPS) is 10.1. The Kier molecular flexibility index (Phi) is 2.82. The molecule has 66 valence electrons. The Morgan fingerprint density at radius 3 is 3.00 bits per heavy atom. The first-order valence-corrected chi connectivity index (χ1v) is 3.69. The lowest BCUT2D eigenvalue weighted by atomic mass is 10.6. The molecule has 0 saturated carbocycles. The summed E-state index contributed by atoms with van der Waals surface area (Å²) in [6.07, 6.45) is 5.24. The van der Waals surface area contributed by atoms with Gasteiger partial charge in [-0.1, -0.05) is 0 Å². The maximum absolute atomic E-state index is 10.3. The summed E-state index contributed by atoms with van der Waals surface area (Å²) in [6, 6.07) is 0. The van der Waals surface area contributed by atoms with Gasteiger partial charge in [0.05, 0.1) is 0 Å². The van der Waals surface area contributed by atoms with Gasteiger partial charge in [0.25, 0.3) is 0 Å². The molecule has 0 aliphatic carbocycles. The van der Waals surface area contributed by atoms with Gasteiger partial charge in [0.1, 0.15) is 18.9 Å². The zero-order chi connectivity index (χ0) is 8.97. The predicted molar refractivity (Wildman–Crippen MR) is 41.3 cm³/mol. The lowest BCUT2D eigenvalue weighted by molar-refractivity contribution is -0.685. The summed E-state index contributed by atoms with van der Waals surface area (Å²) in [4.78, 5) is 10.3. The highest BCUT2D eigenvalue weighted by molar-refractivity contribution is 5.64. The van der Waals surface area contributed by atoms with Crippen molar-refractivity contribution < 1.29 is 14.5 Å². The number of carboxylic acid groups (broad SMARTS) is 1. The van der Waals surface area contributed by atoms with Crippen molar-refractivity contribution in [1.29, 1.82) is 0 Å². The summed E-state index contributed by atoms with van der Waals surface area (Å²) >= 11 is 0. The van der Waals surface area contributed by atoms with E-state index in [0.29, 0.717) is 13.1 Å². The smallest absolute Gasteiger partial charge is 0.346 e. The minimum atomic E-state index is -0.842. The minimum Gasteiger partial charge on any atom is -0.478 e. The number of imidazole rings is 1. The van der Waals surface area contributed by atoms with E-state index in [1.54, 1.807) is 23.3 Å². The van der Waals surface area contributed by atoms with E-state index < -0.39 is 5.97 Å². The molecule has 0 aliphatic rings.